The average Bonchev–Trinajstić information content (AvgIpc) is 2.68. The summed E-state index contributed by atoms with van der Waals surface area (Å²) >= 11 is 6.02. The Hall–Kier alpha value is -2.66. The summed E-state index contributed by atoms with van der Waals surface area (Å²) < 4.78 is 0. The molecule has 0 atom stereocenters. The van der Waals surface area contributed by atoms with Gasteiger partial charge in [0.2, 0.25) is 5.95 Å². The van der Waals surface area contributed by atoms with Crippen LogP contribution in [0.2, 0.25) is 5.02 Å². The van der Waals surface area contributed by atoms with Crippen LogP contribution in [-0.2, 0) is 19.4 Å². The van der Waals surface area contributed by atoms with Gasteiger partial charge < -0.3 is 10.2 Å². The lowest BCUT2D eigenvalue weighted by molar-refractivity contribution is 0.714. The predicted molar refractivity (Wildman–Crippen MR) is 105 cm³/mol. The highest BCUT2D eigenvalue weighted by Gasteiger charge is 2.17. The van der Waals surface area contributed by atoms with Crippen molar-refractivity contribution in [3.8, 4) is 0 Å². The van der Waals surface area contributed by atoms with Gasteiger partial charge in [-0.2, -0.15) is 10.1 Å². The van der Waals surface area contributed by atoms with Crippen molar-refractivity contribution in [2.24, 2.45) is 0 Å². The molecular weight excluding hydrogens is 346 g/mol. The van der Waals surface area contributed by atoms with Crippen molar-refractivity contribution >= 4 is 23.4 Å². The minimum atomic E-state index is 0.559. The molecule has 1 aliphatic rings. The highest BCUT2D eigenvalue weighted by atomic mass is 35.5. The Bertz CT molecular complexity index is 899. The van der Waals surface area contributed by atoms with E-state index >= 15 is 0 Å². The van der Waals surface area contributed by atoms with E-state index in [0.717, 1.165) is 43.3 Å². The zero-order chi connectivity index (χ0) is 17.8. The lowest BCUT2D eigenvalue weighted by Crippen LogP contribution is -2.31. The molecular formula is C20H20ClN5. The van der Waals surface area contributed by atoms with Crippen molar-refractivity contribution in [1.82, 2.24) is 15.2 Å². The van der Waals surface area contributed by atoms with Crippen LogP contribution >= 0.6 is 11.6 Å². The summed E-state index contributed by atoms with van der Waals surface area (Å²) in [5, 5.41) is 12.2. The van der Waals surface area contributed by atoms with Crippen molar-refractivity contribution in [1.29, 1.82) is 0 Å². The zero-order valence-corrected chi connectivity index (χ0v) is 15.2. The number of anilines is 2. The van der Waals surface area contributed by atoms with E-state index < -0.39 is 0 Å². The first kappa shape index (κ1) is 16.8. The lowest BCUT2D eigenvalue weighted by Gasteiger charge is -2.29. The molecule has 3 aromatic rings. The molecule has 2 heterocycles. The number of fused-ring (bicyclic) bond motifs is 1. The molecule has 1 aromatic heterocycles. The molecule has 5 nitrogen and oxygen atoms in total. The van der Waals surface area contributed by atoms with E-state index in [0.29, 0.717) is 5.95 Å². The van der Waals surface area contributed by atoms with Crippen molar-refractivity contribution in [2.45, 2.75) is 19.4 Å². The first-order chi connectivity index (χ1) is 12.8. The van der Waals surface area contributed by atoms with Gasteiger partial charge in [0.1, 0.15) is 0 Å². The number of hydrogen-bond donors (Lipinski definition) is 1. The smallest absolute Gasteiger partial charge is 0.244 e. The minimum absolute atomic E-state index is 0.559. The Balaban J connectivity index is 1.39. The highest BCUT2D eigenvalue weighted by molar-refractivity contribution is 6.30. The minimum Gasteiger partial charge on any atom is -0.353 e. The molecule has 1 aliphatic heterocycles. The summed E-state index contributed by atoms with van der Waals surface area (Å²) in [5.41, 5.74) is 3.96. The molecule has 0 aliphatic carbocycles. The van der Waals surface area contributed by atoms with E-state index in [1.807, 2.05) is 18.2 Å². The largest absolute Gasteiger partial charge is 0.353 e. The standard InChI is InChI=1S/C20H20ClN5/c21-18-7-3-4-15(12-18)8-10-22-20-24-19(13-23-25-20)26-11-9-16-5-1-2-6-17(16)14-26/h1-7,12-13H,8-11,14H2,(H,22,24,25). The van der Waals surface area contributed by atoms with Crippen LogP contribution < -0.4 is 10.2 Å². The fraction of sp³-hybridized carbons (Fsp3) is 0.250. The van der Waals surface area contributed by atoms with Crippen molar-refractivity contribution < 1.29 is 0 Å². The second-order valence-electron chi connectivity index (χ2n) is 6.39. The van der Waals surface area contributed by atoms with E-state index in [1.165, 1.54) is 16.7 Å². The maximum Gasteiger partial charge on any atom is 0.244 e. The first-order valence-corrected chi connectivity index (χ1v) is 9.15. The maximum atomic E-state index is 6.02. The second-order valence-corrected chi connectivity index (χ2v) is 6.82. The maximum absolute atomic E-state index is 6.02. The van der Waals surface area contributed by atoms with Gasteiger partial charge in [-0.05, 0) is 41.7 Å². The number of benzene rings is 2. The molecule has 0 fully saturated rings. The van der Waals surface area contributed by atoms with Crippen LogP contribution in [0.1, 0.15) is 16.7 Å². The Morgan fingerprint density at radius 1 is 1.08 bits per heavy atom. The molecule has 4 rings (SSSR count). The monoisotopic (exact) mass is 365 g/mol. The summed E-state index contributed by atoms with van der Waals surface area (Å²) in [7, 11) is 0. The third-order valence-electron chi connectivity index (χ3n) is 4.59. The summed E-state index contributed by atoms with van der Waals surface area (Å²) in [5.74, 6) is 1.42. The van der Waals surface area contributed by atoms with Crippen LogP contribution in [0.15, 0.2) is 54.7 Å². The van der Waals surface area contributed by atoms with Gasteiger partial charge in [0, 0.05) is 24.7 Å². The topological polar surface area (TPSA) is 53.9 Å². The normalized spacial score (nSPS) is 13.3. The van der Waals surface area contributed by atoms with Crippen LogP contribution in [0.5, 0.6) is 0 Å². The third kappa shape index (κ3) is 3.94. The fourth-order valence-corrected chi connectivity index (χ4v) is 3.44. The molecule has 0 saturated carbocycles. The Labute approximate surface area is 158 Å². The van der Waals surface area contributed by atoms with Crippen LogP contribution in [0.25, 0.3) is 0 Å². The predicted octanol–water partition coefficient (Wildman–Crippen LogP) is 3.74. The number of nitrogens with zero attached hydrogens (tertiary/aromatic N) is 4. The SMILES string of the molecule is Clc1cccc(CCNc2nncc(N3CCc4ccccc4C3)n2)c1. The number of aromatic nitrogens is 3. The van der Waals surface area contributed by atoms with E-state index in [2.05, 4.69) is 55.7 Å². The molecule has 1 N–H and O–H groups in total. The lowest BCUT2D eigenvalue weighted by atomic mass is 10.0. The number of rotatable bonds is 5. The summed E-state index contributed by atoms with van der Waals surface area (Å²) in [6, 6.07) is 16.5. The number of nitrogens with one attached hydrogen (secondary N) is 1. The highest BCUT2D eigenvalue weighted by Crippen LogP contribution is 2.22. The molecule has 132 valence electrons. The molecule has 0 bridgehead atoms. The molecule has 0 amide bonds. The number of halogens is 1. The van der Waals surface area contributed by atoms with Gasteiger partial charge in [0.05, 0.1) is 6.20 Å². The summed E-state index contributed by atoms with van der Waals surface area (Å²) in [4.78, 5) is 6.88. The van der Waals surface area contributed by atoms with Crippen LogP contribution in [0.3, 0.4) is 0 Å². The van der Waals surface area contributed by atoms with E-state index in [1.54, 1.807) is 6.20 Å². The molecule has 0 spiro atoms. The van der Waals surface area contributed by atoms with Crippen LogP contribution in [0.4, 0.5) is 11.8 Å². The number of hydrogen-bond acceptors (Lipinski definition) is 5. The molecule has 2 aromatic carbocycles. The van der Waals surface area contributed by atoms with Crippen molar-refractivity contribution in [3.05, 3.63) is 76.4 Å². The van der Waals surface area contributed by atoms with Gasteiger partial charge in [-0.15, -0.1) is 5.10 Å². The second kappa shape index (κ2) is 7.70. The van der Waals surface area contributed by atoms with E-state index in [4.69, 9.17) is 11.6 Å². The van der Waals surface area contributed by atoms with Gasteiger partial charge in [0.25, 0.3) is 0 Å². The first-order valence-electron chi connectivity index (χ1n) is 8.78. The van der Waals surface area contributed by atoms with Gasteiger partial charge >= 0.3 is 0 Å². The van der Waals surface area contributed by atoms with Gasteiger partial charge in [-0.3, -0.25) is 0 Å². The van der Waals surface area contributed by atoms with Crippen LogP contribution in [-0.4, -0.2) is 28.3 Å². The van der Waals surface area contributed by atoms with E-state index in [9.17, 15) is 0 Å². The van der Waals surface area contributed by atoms with Crippen LogP contribution in [0, 0.1) is 0 Å². The third-order valence-corrected chi connectivity index (χ3v) is 4.82. The average molecular weight is 366 g/mol. The fourth-order valence-electron chi connectivity index (χ4n) is 3.22. The Morgan fingerprint density at radius 3 is 2.85 bits per heavy atom. The summed E-state index contributed by atoms with van der Waals surface area (Å²) in [6.07, 6.45) is 3.61. The molecule has 0 radical (unpaired) electrons. The molecule has 0 saturated heterocycles. The van der Waals surface area contributed by atoms with Crippen molar-refractivity contribution in [2.75, 3.05) is 23.3 Å². The molecule has 6 heteroatoms. The zero-order valence-electron chi connectivity index (χ0n) is 14.4. The molecule has 26 heavy (non-hydrogen) atoms. The Kier molecular flexibility index (Phi) is 4.97. The molecule has 0 unspecified atom stereocenters. The van der Waals surface area contributed by atoms with Gasteiger partial charge in [-0.1, -0.05) is 48.0 Å². The van der Waals surface area contributed by atoms with Gasteiger partial charge in [-0.25, -0.2) is 0 Å². The quantitative estimate of drug-likeness (QED) is 0.746. The van der Waals surface area contributed by atoms with Gasteiger partial charge in [0.15, 0.2) is 5.82 Å². The van der Waals surface area contributed by atoms with E-state index in [-0.39, 0.29) is 0 Å². The Morgan fingerprint density at radius 2 is 1.96 bits per heavy atom. The van der Waals surface area contributed by atoms with Crippen molar-refractivity contribution in [3.63, 3.8) is 0 Å². The summed E-state index contributed by atoms with van der Waals surface area (Å²) in [6.45, 7) is 2.53.